The first-order valence-electron chi connectivity index (χ1n) is 8.23. The second-order valence-electron chi connectivity index (χ2n) is 5.71. The SMILES string of the molecule is CCCCC(Sc1nnc(-c2cccs2)n1N)C(=O)Nc1cc(C)on1. The van der Waals surface area contributed by atoms with Gasteiger partial charge in [0.1, 0.15) is 5.76 Å². The Bertz CT molecular complexity index is 858. The molecule has 3 aromatic rings. The van der Waals surface area contributed by atoms with Gasteiger partial charge in [-0.1, -0.05) is 42.8 Å². The number of anilines is 1. The van der Waals surface area contributed by atoms with Crippen molar-refractivity contribution in [3.8, 4) is 10.7 Å². The molecule has 10 heteroatoms. The number of nitrogen functional groups attached to an aromatic ring is 1. The van der Waals surface area contributed by atoms with E-state index in [2.05, 4.69) is 27.6 Å². The average molecular weight is 393 g/mol. The number of carbonyl (C=O) groups is 1. The molecule has 1 amide bonds. The third-order valence-electron chi connectivity index (χ3n) is 3.65. The lowest BCUT2D eigenvalue weighted by Gasteiger charge is -2.14. The van der Waals surface area contributed by atoms with Crippen LogP contribution in [0.2, 0.25) is 0 Å². The van der Waals surface area contributed by atoms with Gasteiger partial charge in [0.05, 0.1) is 10.1 Å². The molecular formula is C16H20N6O2S2. The van der Waals surface area contributed by atoms with Gasteiger partial charge < -0.3 is 15.7 Å². The minimum absolute atomic E-state index is 0.155. The van der Waals surface area contributed by atoms with Crippen LogP contribution in [-0.4, -0.2) is 31.2 Å². The molecule has 0 aliphatic heterocycles. The van der Waals surface area contributed by atoms with Gasteiger partial charge >= 0.3 is 0 Å². The van der Waals surface area contributed by atoms with Gasteiger partial charge in [-0.05, 0) is 24.8 Å². The third-order valence-corrected chi connectivity index (χ3v) is 5.73. The van der Waals surface area contributed by atoms with Gasteiger partial charge in [-0.2, -0.15) is 0 Å². The highest BCUT2D eigenvalue weighted by molar-refractivity contribution is 8.00. The lowest BCUT2D eigenvalue weighted by atomic mass is 10.2. The van der Waals surface area contributed by atoms with Crippen molar-refractivity contribution in [2.24, 2.45) is 0 Å². The molecule has 0 aromatic carbocycles. The number of nitrogens with two attached hydrogens (primary N) is 1. The Morgan fingerprint density at radius 2 is 2.35 bits per heavy atom. The van der Waals surface area contributed by atoms with Crippen molar-refractivity contribution in [2.45, 2.75) is 43.5 Å². The topological polar surface area (TPSA) is 112 Å². The van der Waals surface area contributed by atoms with Gasteiger partial charge in [-0.25, -0.2) is 4.68 Å². The number of thiophene rings is 1. The maximum Gasteiger partial charge on any atom is 0.239 e. The molecule has 3 N–H and O–H groups in total. The first-order valence-corrected chi connectivity index (χ1v) is 9.99. The van der Waals surface area contributed by atoms with Crippen LogP contribution in [0.15, 0.2) is 33.3 Å². The van der Waals surface area contributed by atoms with Gasteiger partial charge in [-0.15, -0.1) is 21.5 Å². The van der Waals surface area contributed by atoms with E-state index in [1.165, 1.54) is 27.8 Å². The second-order valence-corrected chi connectivity index (χ2v) is 7.83. The van der Waals surface area contributed by atoms with E-state index in [0.29, 0.717) is 29.0 Å². The number of rotatable bonds is 8. The number of hydrogen-bond donors (Lipinski definition) is 2. The highest BCUT2D eigenvalue weighted by Gasteiger charge is 2.24. The zero-order chi connectivity index (χ0) is 18.5. The van der Waals surface area contributed by atoms with E-state index >= 15 is 0 Å². The minimum atomic E-state index is -0.352. The molecule has 3 aromatic heterocycles. The highest BCUT2D eigenvalue weighted by atomic mass is 32.2. The van der Waals surface area contributed by atoms with Crippen LogP contribution in [0.25, 0.3) is 10.7 Å². The van der Waals surface area contributed by atoms with E-state index < -0.39 is 0 Å². The number of nitrogens with zero attached hydrogens (tertiary/aromatic N) is 4. The summed E-state index contributed by atoms with van der Waals surface area (Å²) in [6.07, 6.45) is 2.60. The summed E-state index contributed by atoms with van der Waals surface area (Å²) in [4.78, 5) is 13.6. The molecule has 138 valence electrons. The highest BCUT2D eigenvalue weighted by Crippen LogP contribution is 2.29. The third kappa shape index (κ3) is 4.25. The number of carbonyl (C=O) groups excluding carboxylic acids is 1. The summed E-state index contributed by atoms with van der Waals surface area (Å²) in [5.41, 5.74) is 0. The summed E-state index contributed by atoms with van der Waals surface area (Å²) in [7, 11) is 0. The number of aryl methyl sites for hydroxylation is 1. The zero-order valence-corrected chi connectivity index (χ0v) is 16.1. The standard InChI is InChI=1S/C16H20N6O2S2/c1-3-4-6-12(15(23)18-13-9-10(2)24-21-13)26-16-20-19-14(22(16)17)11-7-5-8-25-11/h5,7-9,12H,3-4,6,17H2,1-2H3,(H,18,21,23). The van der Waals surface area contributed by atoms with E-state index in [1.54, 1.807) is 13.0 Å². The molecule has 0 saturated carbocycles. The summed E-state index contributed by atoms with van der Waals surface area (Å²) in [5.74, 6) is 7.62. The first-order chi connectivity index (χ1) is 12.6. The number of aromatic nitrogens is 4. The van der Waals surface area contributed by atoms with Crippen LogP contribution in [0.4, 0.5) is 5.82 Å². The van der Waals surface area contributed by atoms with Gasteiger partial charge in [0.15, 0.2) is 11.6 Å². The smallest absolute Gasteiger partial charge is 0.239 e. The predicted molar refractivity (Wildman–Crippen MR) is 103 cm³/mol. The average Bonchev–Trinajstić information content (AvgIpc) is 3.34. The van der Waals surface area contributed by atoms with Crippen LogP contribution < -0.4 is 11.2 Å². The van der Waals surface area contributed by atoms with E-state index in [9.17, 15) is 4.79 Å². The van der Waals surface area contributed by atoms with Gasteiger partial charge in [0.25, 0.3) is 0 Å². The Labute approximate surface area is 159 Å². The summed E-state index contributed by atoms with van der Waals surface area (Å²) in [6, 6.07) is 5.54. The second kappa shape index (κ2) is 8.37. The number of hydrogen-bond acceptors (Lipinski definition) is 8. The minimum Gasteiger partial charge on any atom is -0.360 e. The maximum atomic E-state index is 12.7. The molecule has 26 heavy (non-hydrogen) atoms. The zero-order valence-electron chi connectivity index (χ0n) is 14.5. The molecule has 0 radical (unpaired) electrons. The van der Waals surface area contributed by atoms with E-state index in [1.807, 2.05) is 17.5 Å². The van der Waals surface area contributed by atoms with Crippen LogP contribution in [-0.2, 0) is 4.79 Å². The molecule has 3 heterocycles. The molecule has 0 saturated heterocycles. The van der Waals surface area contributed by atoms with Gasteiger partial charge in [-0.3, -0.25) is 4.79 Å². The van der Waals surface area contributed by atoms with Crippen molar-refractivity contribution in [2.75, 3.05) is 11.2 Å². The molecule has 0 aliphatic carbocycles. The fraction of sp³-hybridized carbons (Fsp3) is 0.375. The fourth-order valence-corrected chi connectivity index (χ4v) is 4.02. The quantitative estimate of drug-likeness (QED) is 0.447. The molecule has 0 aliphatic rings. The van der Waals surface area contributed by atoms with Crippen LogP contribution in [0, 0.1) is 6.92 Å². The number of amides is 1. The molecule has 1 atom stereocenters. The first kappa shape index (κ1) is 18.5. The Morgan fingerprint density at radius 3 is 3.00 bits per heavy atom. The molecule has 8 nitrogen and oxygen atoms in total. The monoisotopic (exact) mass is 392 g/mol. The Balaban J connectivity index is 1.75. The Kier molecular flexibility index (Phi) is 5.94. The molecule has 0 bridgehead atoms. The molecule has 0 spiro atoms. The van der Waals surface area contributed by atoms with Gasteiger partial charge in [0, 0.05) is 6.07 Å². The van der Waals surface area contributed by atoms with Crippen LogP contribution >= 0.6 is 23.1 Å². The largest absolute Gasteiger partial charge is 0.360 e. The summed E-state index contributed by atoms with van der Waals surface area (Å²) in [6.45, 7) is 3.86. The molecule has 1 unspecified atom stereocenters. The van der Waals surface area contributed by atoms with Crippen molar-refractivity contribution in [3.05, 3.63) is 29.3 Å². The summed E-state index contributed by atoms with van der Waals surface area (Å²) < 4.78 is 6.43. The van der Waals surface area contributed by atoms with Gasteiger partial charge in [0.2, 0.25) is 11.1 Å². The van der Waals surface area contributed by atoms with Crippen molar-refractivity contribution in [1.82, 2.24) is 20.0 Å². The van der Waals surface area contributed by atoms with E-state index in [4.69, 9.17) is 10.4 Å². The van der Waals surface area contributed by atoms with Crippen molar-refractivity contribution in [1.29, 1.82) is 0 Å². The fourth-order valence-electron chi connectivity index (χ4n) is 2.32. The number of unbranched alkanes of at least 4 members (excludes halogenated alkanes) is 1. The van der Waals surface area contributed by atoms with Crippen LogP contribution in [0.1, 0.15) is 31.9 Å². The summed E-state index contributed by atoms with van der Waals surface area (Å²) >= 11 is 2.84. The number of thioether (sulfide) groups is 1. The Morgan fingerprint density at radius 1 is 1.50 bits per heavy atom. The summed E-state index contributed by atoms with van der Waals surface area (Å²) in [5, 5.41) is 17.0. The van der Waals surface area contributed by atoms with E-state index in [0.717, 1.165) is 17.7 Å². The predicted octanol–water partition coefficient (Wildman–Crippen LogP) is 3.31. The molecular weight excluding hydrogens is 372 g/mol. The normalized spacial score (nSPS) is 12.2. The molecule has 0 fully saturated rings. The number of nitrogens with one attached hydrogen (secondary N) is 1. The van der Waals surface area contributed by atoms with Crippen LogP contribution in [0.3, 0.4) is 0 Å². The van der Waals surface area contributed by atoms with E-state index in [-0.39, 0.29) is 11.2 Å². The van der Waals surface area contributed by atoms with Crippen molar-refractivity contribution >= 4 is 34.8 Å². The lowest BCUT2D eigenvalue weighted by molar-refractivity contribution is -0.115. The Hall–Kier alpha value is -2.33. The van der Waals surface area contributed by atoms with Crippen LogP contribution in [0.5, 0.6) is 0 Å². The van der Waals surface area contributed by atoms with Crippen molar-refractivity contribution in [3.63, 3.8) is 0 Å². The molecule has 3 rings (SSSR count). The van der Waals surface area contributed by atoms with Crippen molar-refractivity contribution < 1.29 is 9.32 Å². The maximum absolute atomic E-state index is 12.7. The lowest BCUT2D eigenvalue weighted by Crippen LogP contribution is -2.26.